The predicted octanol–water partition coefficient (Wildman–Crippen LogP) is 4.91. The first-order valence-electron chi connectivity index (χ1n) is 10.3. The van der Waals surface area contributed by atoms with Crippen LogP contribution >= 0.6 is 0 Å². The number of furan rings is 1. The maximum absolute atomic E-state index is 6.28. The third-order valence-electron chi connectivity index (χ3n) is 5.69. The summed E-state index contributed by atoms with van der Waals surface area (Å²) in [6, 6.07) is 21.2. The lowest BCUT2D eigenvalue weighted by molar-refractivity contribution is 0.131. The number of para-hydroxylation sites is 3. The average Bonchev–Trinajstić information content (AvgIpc) is 3.41. The fourth-order valence-electron chi connectivity index (χ4n) is 4.07. The molecule has 5 heteroatoms. The van der Waals surface area contributed by atoms with Crippen LogP contribution in [0.15, 0.2) is 77.6 Å². The van der Waals surface area contributed by atoms with Gasteiger partial charge in [-0.15, -0.1) is 0 Å². The van der Waals surface area contributed by atoms with E-state index in [0.29, 0.717) is 18.5 Å². The molecular formula is C24H25N3O2. The number of aromatic nitrogens is 2. The summed E-state index contributed by atoms with van der Waals surface area (Å²) < 4.78 is 13.6. The maximum Gasteiger partial charge on any atom is 0.302 e. The third-order valence-corrected chi connectivity index (χ3v) is 5.69. The van der Waals surface area contributed by atoms with Crippen molar-refractivity contribution in [2.75, 3.05) is 19.7 Å². The number of nitrogens with zero attached hydrogens (tertiary/aromatic N) is 3. The summed E-state index contributed by atoms with van der Waals surface area (Å²) in [7, 11) is 0. The molecule has 5 rings (SSSR count). The Bertz CT molecular complexity index is 1050. The molecule has 0 radical (unpaired) electrons. The molecule has 2 aromatic carbocycles. The van der Waals surface area contributed by atoms with Crippen LogP contribution < -0.4 is 4.74 Å². The third kappa shape index (κ3) is 3.91. The molecular weight excluding hydrogens is 362 g/mol. The lowest BCUT2D eigenvalue weighted by Gasteiger charge is -2.31. The molecule has 0 aliphatic carbocycles. The molecule has 0 spiro atoms. The molecule has 5 nitrogen and oxygen atoms in total. The van der Waals surface area contributed by atoms with E-state index < -0.39 is 0 Å². The summed E-state index contributed by atoms with van der Waals surface area (Å²) in [6.45, 7) is 3.85. The zero-order valence-corrected chi connectivity index (χ0v) is 16.4. The van der Waals surface area contributed by atoms with Crippen LogP contribution in [0.5, 0.6) is 6.01 Å². The van der Waals surface area contributed by atoms with Gasteiger partial charge in [0.25, 0.3) is 0 Å². The first-order valence-corrected chi connectivity index (χ1v) is 10.3. The van der Waals surface area contributed by atoms with Crippen LogP contribution in [0.2, 0.25) is 0 Å². The highest BCUT2D eigenvalue weighted by molar-refractivity contribution is 5.79. The fraction of sp³-hybridized carbons (Fsp3) is 0.292. The number of hydrogen-bond donors (Lipinski definition) is 0. The van der Waals surface area contributed by atoms with Gasteiger partial charge in [-0.25, -0.2) is 0 Å². The van der Waals surface area contributed by atoms with E-state index >= 15 is 0 Å². The van der Waals surface area contributed by atoms with Gasteiger partial charge in [-0.3, -0.25) is 9.47 Å². The average molecular weight is 387 g/mol. The van der Waals surface area contributed by atoms with Gasteiger partial charge in [0, 0.05) is 12.1 Å². The Morgan fingerprint density at radius 3 is 2.55 bits per heavy atom. The van der Waals surface area contributed by atoms with Gasteiger partial charge in [0.05, 0.1) is 35.9 Å². The van der Waals surface area contributed by atoms with Crippen LogP contribution in [0.1, 0.15) is 18.4 Å². The molecule has 1 aliphatic rings. The van der Waals surface area contributed by atoms with E-state index in [1.807, 2.05) is 48.7 Å². The van der Waals surface area contributed by atoms with Gasteiger partial charge in [0.2, 0.25) is 0 Å². The Morgan fingerprint density at radius 1 is 0.966 bits per heavy atom. The van der Waals surface area contributed by atoms with Gasteiger partial charge in [0.15, 0.2) is 0 Å². The molecule has 0 unspecified atom stereocenters. The van der Waals surface area contributed by atoms with Crippen molar-refractivity contribution in [2.24, 2.45) is 5.92 Å². The molecule has 0 atom stereocenters. The SMILES string of the molecule is c1ccc(-n2c(OCC3CCN(Cc4ccoc4)CC3)nc3ccccc32)cc1. The van der Waals surface area contributed by atoms with E-state index in [-0.39, 0.29) is 0 Å². The molecule has 1 saturated heterocycles. The number of likely N-dealkylation sites (tertiary alicyclic amines) is 1. The first kappa shape index (κ1) is 18.0. The number of rotatable bonds is 6. The van der Waals surface area contributed by atoms with E-state index in [1.165, 1.54) is 5.56 Å². The predicted molar refractivity (Wildman–Crippen MR) is 113 cm³/mol. The van der Waals surface area contributed by atoms with Crippen LogP contribution in [0.3, 0.4) is 0 Å². The number of imidazole rings is 1. The number of benzene rings is 2. The van der Waals surface area contributed by atoms with Crippen LogP contribution in [0.4, 0.5) is 0 Å². The van der Waals surface area contributed by atoms with E-state index in [1.54, 1.807) is 6.26 Å². The first-order chi connectivity index (χ1) is 14.4. The van der Waals surface area contributed by atoms with Crippen molar-refractivity contribution in [1.82, 2.24) is 14.5 Å². The Hall–Kier alpha value is -3.05. The molecule has 29 heavy (non-hydrogen) atoms. The molecule has 1 aliphatic heterocycles. The van der Waals surface area contributed by atoms with Gasteiger partial charge in [0.1, 0.15) is 0 Å². The second-order valence-corrected chi connectivity index (χ2v) is 7.72. The minimum absolute atomic E-state index is 0.555. The summed E-state index contributed by atoms with van der Waals surface area (Å²) in [5.74, 6) is 0.555. The second-order valence-electron chi connectivity index (χ2n) is 7.72. The van der Waals surface area contributed by atoms with Crippen LogP contribution in [0.25, 0.3) is 16.7 Å². The van der Waals surface area contributed by atoms with Crippen molar-refractivity contribution >= 4 is 11.0 Å². The fourth-order valence-corrected chi connectivity index (χ4v) is 4.07. The van der Waals surface area contributed by atoms with Crippen LogP contribution in [-0.2, 0) is 6.54 Å². The van der Waals surface area contributed by atoms with Crippen molar-refractivity contribution in [3.05, 3.63) is 78.8 Å². The van der Waals surface area contributed by atoms with E-state index in [0.717, 1.165) is 49.2 Å². The molecule has 0 saturated carbocycles. The largest absolute Gasteiger partial charge is 0.472 e. The van der Waals surface area contributed by atoms with Crippen molar-refractivity contribution < 1.29 is 9.15 Å². The summed E-state index contributed by atoms with van der Waals surface area (Å²) in [5, 5.41) is 0. The van der Waals surface area contributed by atoms with Crippen molar-refractivity contribution in [3.8, 4) is 11.7 Å². The highest BCUT2D eigenvalue weighted by Gasteiger charge is 2.21. The molecule has 2 aromatic heterocycles. The van der Waals surface area contributed by atoms with Crippen LogP contribution in [-0.4, -0.2) is 34.1 Å². The monoisotopic (exact) mass is 387 g/mol. The van der Waals surface area contributed by atoms with Crippen molar-refractivity contribution in [1.29, 1.82) is 0 Å². The van der Waals surface area contributed by atoms with Crippen LogP contribution in [0, 0.1) is 5.92 Å². The zero-order valence-electron chi connectivity index (χ0n) is 16.4. The maximum atomic E-state index is 6.28. The van der Waals surface area contributed by atoms with Gasteiger partial charge in [-0.05, 0) is 62.2 Å². The topological polar surface area (TPSA) is 43.4 Å². The number of piperidine rings is 1. The molecule has 4 aromatic rings. The Labute approximate surface area is 170 Å². The van der Waals surface area contributed by atoms with Crippen molar-refractivity contribution in [2.45, 2.75) is 19.4 Å². The van der Waals surface area contributed by atoms with E-state index in [9.17, 15) is 0 Å². The summed E-state index contributed by atoms with van der Waals surface area (Å²) in [5.41, 5.74) is 4.35. The van der Waals surface area contributed by atoms with Gasteiger partial charge in [-0.2, -0.15) is 4.98 Å². The molecule has 148 valence electrons. The van der Waals surface area contributed by atoms with E-state index in [2.05, 4.69) is 27.7 Å². The zero-order chi connectivity index (χ0) is 19.5. The summed E-state index contributed by atoms with van der Waals surface area (Å²) in [4.78, 5) is 7.24. The Kier molecular flexibility index (Phi) is 5.05. The number of ether oxygens (including phenoxy) is 1. The highest BCUT2D eigenvalue weighted by Crippen LogP contribution is 2.27. The highest BCUT2D eigenvalue weighted by atomic mass is 16.5. The summed E-state index contributed by atoms with van der Waals surface area (Å²) in [6.07, 6.45) is 5.87. The molecule has 0 N–H and O–H groups in total. The quantitative estimate of drug-likeness (QED) is 0.471. The van der Waals surface area contributed by atoms with Crippen molar-refractivity contribution in [3.63, 3.8) is 0 Å². The Morgan fingerprint density at radius 2 is 1.76 bits per heavy atom. The van der Waals surface area contributed by atoms with Gasteiger partial charge in [-0.1, -0.05) is 30.3 Å². The second kappa shape index (κ2) is 8.13. The summed E-state index contributed by atoms with van der Waals surface area (Å²) >= 11 is 0. The molecule has 0 amide bonds. The van der Waals surface area contributed by atoms with Gasteiger partial charge < -0.3 is 9.15 Å². The smallest absolute Gasteiger partial charge is 0.302 e. The molecule has 3 heterocycles. The van der Waals surface area contributed by atoms with Gasteiger partial charge >= 0.3 is 6.01 Å². The molecule has 1 fully saturated rings. The number of hydrogen-bond acceptors (Lipinski definition) is 4. The Balaban J connectivity index is 1.27. The lowest BCUT2D eigenvalue weighted by Crippen LogP contribution is -2.35. The number of fused-ring (bicyclic) bond motifs is 1. The minimum Gasteiger partial charge on any atom is -0.472 e. The van der Waals surface area contributed by atoms with E-state index in [4.69, 9.17) is 14.1 Å². The lowest BCUT2D eigenvalue weighted by atomic mass is 9.97. The minimum atomic E-state index is 0.555. The normalized spacial score (nSPS) is 15.7. The molecule has 0 bridgehead atoms. The standard InChI is InChI=1S/C24H25N3O2/c1-2-6-21(7-3-1)27-23-9-5-4-8-22(23)25-24(27)29-18-19-10-13-26(14-11-19)16-20-12-15-28-17-20/h1-9,12,15,17,19H,10-11,13-14,16,18H2.